The van der Waals surface area contributed by atoms with Gasteiger partial charge in [0.05, 0.1) is 17.1 Å². The van der Waals surface area contributed by atoms with Crippen LogP contribution in [0.15, 0.2) is 35.7 Å². The first-order valence-electron chi connectivity index (χ1n) is 5.87. The van der Waals surface area contributed by atoms with E-state index in [1.165, 1.54) is 23.1 Å². The average Bonchev–Trinajstić information content (AvgIpc) is 2.36. The normalized spacial score (nSPS) is 11.2. The van der Waals surface area contributed by atoms with Crippen LogP contribution in [0.4, 0.5) is 0 Å². The maximum atomic E-state index is 12.4. The lowest BCUT2D eigenvalue weighted by Gasteiger charge is -2.21. The van der Waals surface area contributed by atoms with Crippen LogP contribution in [-0.4, -0.2) is 44.0 Å². The maximum absolute atomic E-state index is 12.4. The van der Waals surface area contributed by atoms with Gasteiger partial charge in [-0.25, -0.2) is 8.42 Å². The molecule has 0 spiro atoms. The zero-order valence-corrected chi connectivity index (χ0v) is 12.6. The molecule has 0 aliphatic heterocycles. The Morgan fingerprint density at radius 2 is 2.15 bits per heavy atom. The third-order valence-electron chi connectivity index (χ3n) is 2.63. The molecule has 0 aliphatic carbocycles. The summed E-state index contributed by atoms with van der Waals surface area (Å²) in [4.78, 5) is 13.5. The Morgan fingerprint density at radius 3 is 2.65 bits per heavy atom. The molecule has 1 aromatic carbocycles. The second-order valence-corrected chi connectivity index (χ2v) is 6.74. The van der Waals surface area contributed by atoms with Crippen molar-refractivity contribution in [3.05, 3.63) is 42.0 Å². The molecule has 0 radical (unpaired) electrons. The number of hydrogen-bond acceptors (Lipinski definition) is 4. The number of carbonyl (C=O) groups is 1. The van der Waals surface area contributed by atoms with Gasteiger partial charge in [-0.05, 0) is 19.1 Å². The fourth-order valence-electron chi connectivity index (χ4n) is 1.75. The van der Waals surface area contributed by atoms with Crippen LogP contribution < -0.4 is 0 Å². The van der Waals surface area contributed by atoms with Crippen molar-refractivity contribution in [2.24, 2.45) is 0 Å². The van der Waals surface area contributed by atoms with Gasteiger partial charge in [0.1, 0.15) is 0 Å². The summed E-state index contributed by atoms with van der Waals surface area (Å²) in [5, 5.41) is 8.97. The highest BCUT2D eigenvalue weighted by Gasteiger charge is 2.23. The van der Waals surface area contributed by atoms with E-state index in [0.29, 0.717) is 0 Å². The van der Waals surface area contributed by atoms with E-state index in [2.05, 4.69) is 6.58 Å². The zero-order chi connectivity index (χ0) is 15.3. The predicted octanol–water partition coefficient (Wildman–Crippen LogP) is 1.54. The van der Waals surface area contributed by atoms with Crippen molar-refractivity contribution in [1.29, 1.82) is 0 Å². The van der Waals surface area contributed by atoms with E-state index in [1.807, 2.05) is 0 Å². The van der Waals surface area contributed by atoms with Crippen LogP contribution in [-0.2, 0) is 9.05 Å². The number of halogens is 1. The summed E-state index contributed by atoms with van der Waals surface area (Å²) in [6, 6.07) is 4.33. The molecule has 0 fully saturated rings. The number of hydrogen-bond donors (Lipinski definition) is 1. The molecule has 0 saturated carbocycles. The molecule has 20 heavy (non-hydrogen) atoms. The van der Waals surface area contributed by atoms with Crippen molar-refractivity contribution < 1.29 is 18.3 Å². The minimum absolute atomic E-state index is 0.00435. The van der Waals surface area contributed by atoms with Crippen LogP contribution in [0.5, 0.6) is 0 Å². The number of aliphatic hydroxyl groups excluding tert-OH is 1. The van der Waals surface area contributed by atoms with Crippen molar-refractivity contribution in [1.82, 2.24) is 4.90 Å². The number of amides is 1. The third kappa shape index (κ3) is 4.06. The number of aliphatic hydroxyl groups is 1. The van der Waals surface area contributed by atoms with E-state index in [-0.39, 0.29) is 30.2 Å². The first kappa shape index (κ1) is 16.7. The zero-order valence-electron chi connectivity index (χ0n) is 11.0. The average molecular weight is 318 g/mol. The van der Waals surface area contributed by atoms with Gasteiger partial charge < -0.3 is 10.0 Å². The van der Waals surface area contributed by atoms with Gasteiger partial charge in [0.25, 0.3) is 15.0 Å². The molecule has 0 bridgehead atoms. The van der Waals surface area contributed by atoms with Crippen molar-refractivity contribution in [3.63, 3.8) is 0 Å². The smallest absolute Gasteiger partial charge is 0.262 e. The van der Waals surface area contributed by atoms with Gasteiger partial charge in [-0.3, -0.25) is 4.79 Å². The summed E-state index contributed by atoms with van der Waals surface area (Å²) >= 11 is 0. The molecule has 1 aromatic rings. The van der Waals surface area contributed by atoms with Crippen molar-refractivity contribution in [2.45, 2.75) is 11.8 Å². The summed E-state index contributed by atoms with van der Waals surface area (Å²) in [5.41, 5.74) is 0.732. The van der Waals surface area contributed by atoms with Gasteiger partial charge >= 0.3 is 0 Å². The predicted molar refractivity (Wildman–Crippen MR) is 77.4 cm³/mol. The highest BCUT2D eigenvalue weighted by molar-refractivity contribution is 8.13. The van der Waals surface area contributed by atoms with Gasteiger partial charge in [-0.1, -0.05) is 17.7 Å². The van der Waals surface area contributed by atoms with Crippen molar-refractivity contribution in [2.75, 3.05) is 19.7 Å². The second-order valence-electron chi connectivity index (χ2n) is 4.20. The molecule has 5 nitrogen and oxygen atoms in total. The van der Waals surface area contributed by atoms with E-state index in [0.717, 1.165) is 5.56 Å². The molecule has 0 atom stereocenters. The summed E-state index contributed by atoms with van der Waals surface area (Å²) in [7, 11) is 1.33. The Labute approximate surface area is 122 Å². The molecular weight excluding hydrogens is 302 g/mol. The molecule has 1 N–H and O–H groups in total. The van der Waals surface area contributed by atoms with E-state index in [4.69, 9.17) is 15.8 Å². The van der Waals surface area contributed by atoms with Gasteiger partial charge in [-0.15, -0.1) is 6.58 Å². The van der Waals surface area contributed by atoms with E-state index in [1.54, 1.807) is 13.0 Å². The molecule has 7 heteroatoms. The SMILES string of the molecule is C=CCN(CCO)C(=O)c1cc(C)ccc1S(=O)(=O)Cl. The number of rotatable bonds is 6. The monoisotopic (exact) mass is 317 g/mol. The Morgan fingerprint density at radius 1 is 1.50 bits per heavy atom. The molecule has 0 aliphatic rings. The number of carbonyl (C=O) groups excluding carboxylic acids is 1. The summed E-state index contributed by atoms with van der Waals surface area (Å²) < 4.78 is 23.1. The fraction of sp³-hybridized carbons (Fsp3) is 0.308. The number of aryl methyl sites for hydroxylation is 1. The quantitative estimate of drug-likeness (QED) is 0.638. The third-order valence-corrected chi connectivity index (χ3v) is 4.01. The Bertz CT molecular complexity index is 613. The van der Waals surface area contributed by atoms with E-state index >= 15 is 0 Å². The molecule has 0 aromatic heterocycles. The lowest BCUT2D eigenvalue weighted by Crippen LogP contribution is -2.34. The van der Waals surface area contributed by atoms with Crippen molar-refractivity contribution in [3.8, 4) is 0 Å². The maximum Gasteiger partial charge on any atom is 0.262 e. The van der Waals surface area contributed by atoms with Crippen molar-refractivity contribution >= 4 is 25.6 Å². The van der Waals surface area contributed by atoms with Gasteiger partial charge in [0.2, 0.25) is 0 Å². The Kier molecular flexibility index (Phi) is 5.74. The summed E-state index contributed by atoms with van der Waals surface area (Å²) in [5.74, 6) is -0.512. The van der Waals surface area contributed by atoms with Gasteiger partial charge in [0.15, 0.2) is 0 Å². The lowest BCUT2D eigenvalue weighted by molar-refractivity contribution is 0.0739. The fourth-order valence-corrected chi connectivity index (χ4v) is 2.79. The molecule has 1 amide bonds. The number of nitrogens with zero attached hydrogens (tertiary/aromatic N) is 1. The van der Waals surface area contributed by atoms with Gasteiger partial charge in [-0.2, -0.15) is 0 Å². The second kappa shape index (κ2) is 6.88. The number of benzene rings is 1. The topological polar surface area (TPSA) is 74.7 Å². The van der Waals surface area contributed by atoms with Crippen LogP contribution in [0.3, 0.4) is 0 Å². The highest BCUT2D eigenvalue weighted by Crippen LogP contribution is 2.22. The standard InChI is InChI=1S/C13H16ClNO4S/c1-3-6-15(7-8-16)13(17)11-9-10(2)4-5-12(11)20(14,18)19/h3-5,9,16H,1,6-8H2,2H3. The lowest BCUT2D eigenvalue weighted by atomic mass is 10.1. The molecule has 1 rings (SSSR count). The molecule has 0 saturated heterocycles. The Balaban J connectivity index is 3.32. The van der Waals surface area contributed by atoms with Crippen LogP contribution >= 0.6 is 10.7 Å². The minimum atomic E-state index is -4.02. The molecule has 0 heterocycles. The first-order chi connectivity index (χ1) is 9.31. The van der Waals surface area contributed by atoms with Crippen LogP contribution in [0.2, 0.25) is 0 Å². The van der Waals surface area contributed by atoms with Crippen LogP contribution in [0, 0.1) is 6.92 Å². The first-order valence-corrected chi connectivity index (χ1v) is 8.18. The molecule has 0 unspecified atom stereocenters. The van der Waals surface area contributed by atoms with Gasteiger partial charge in [0, 0.05) is 23.8 Å². The molecule has 110 valence electrons. The largest absolute Gasteiger partial charge is 0.395 e. The minimum Gasteiger partial charge on any atom is -0.395 e. The summed E-state index contributed by atoms with van der Waals surface area (Å²) in [6.45, 7) is 5.33. The van der Waals surface area contributed by atoms with Crippen LogP contribution in [0.1, 0.15) is 15.9 Å². The van der Waals surface area contributed by atoms with E-state index in [9.17, 15) is 13.2 Å². The van der Waals surface area contributed by atoms with E-state index < -0.39 is 15.0 Å². The Hall–Kier alpha value is -1.37. The van der Waals surface area contributed by atoms with Crippen LogP contribution in [0.25, 0.3) is 0 Å². The molecular formula is C13H16ClNO4S. The highest BCUT2D eigenvalue weighted by atomic mass is 35.7. The summed E-state index contributed by atoms with van der Waals surface area (Å²) in [6.07, 6.45) is 1.50.